The summed E-state index contributed by atoms with van der Waals surface area (Å²) < 4.78 is 7.68. The van der Waals surface area contributed by atoms with E-state index in [1.807, 2.05) is 11.7 Å². The summed E-state index contributed by atoms with van der Waals surface area (Å²) in [4.78, 5) is 0. The van der Waals surface area contributed by atoms with E-state index in [9.17, 15) is 0 Å². The van der Waals surface area contributed by atoms with Gasteiger partial charge in [0.25, 0.3) is 0 Å². The zero-order valence-corrected chi connectivity index (χ0v) is 9.45. The average molecular weight is 198 g/mol. The third-order valence-electron chi connectivity index (χ3n) is 2.51. The molecule has 4 heteroatoms. The molecule has 0 aromatic carbocycles. The first kappa shape index (κ1) is 9.17. The summed E-state index contributed by atoms with van der Waals surface area (Å²) in [5.74, 6) is 0. The minimum atomic E-state index is -0.0437. The summed E-state index contributed by atoms with van der Waals surface area (Å²) in [5, 5.41) is 4.36. The number of hydrogen-bond donors (Lipinski definition) is 0. The Morgan fingerprint density at radius 2 is 2.23 bits per heavy atom. The van der Waals surface area contributed by atoms with Crippen molar-refractivity contribution < 1.29 is 4.74 Å². The Bertz CT molecular complexity index is 344. The highest BCUT2D eigenvalue weighted by atomic mass is 31.0. The number of aryl methyl sites for hydroxylation is 1. The van der Waals surface area contributed by atoms with Crippen LogP contribution in [0.2, 0.25) is 0 Å². The second-order valence-corrected chi connectivity index (χ2v) is 4.71. The standard InChI is InChI=1S/C9H15N2OP/c1-9(2)4-7-6(5-12-9)8(13)10-11(7)3/h4-5,13H2,1-3H3. The molecule has 72 valence electrons. The molecule has 0 fully saturated rings. The average Bonchev–Trinajstić information content (AvgIpc) is 2.26. The van der Waals surface area contributed by atoms with E-state index in [0.717, 1.165) is 11.9 Å². The minimum absolute atomic E-state index is 0.0437. The Labute approximate surface area is 80.7 Å². The smallest absolute Gasteiger partial charge is 0.0846 e. The van der Waals surface area contributed by atoms with Crippen LogP contribution in [-0.4, -0.2) is 15.4 Å². The zero-order chi connectivity index (χ0) is 9.64. The summed E-state index contributed by atoms with van der Waals surface area (Å²) in [5.41, 5.74) is 3.53. The minimum Gasteiger partial charge on any atom is -0.370 e. The first-order valence-corrected chi connectivity index (χ1v) is 5.01. The van der Waals surface area contributed by atoms with Crippen molar-refractivity contribution in [3.05, 3.63) is 11.3 Å². The lowest BCUT2D eigenvalue weighted by Gasteiger charge is -2.30. The second kappa shape index (κ2) is 2.79. The molecule has 0 N–H and O–H groups in total. The number of ether oxygens (including phenoxy) is 1. The highest BCUT2D eigenvalue weighted by Crippen LogP contribution is 2.26. The molecule has 1 aliphatic rings. The van der Waals surface area contributed by atoms with E-state index in [0.29, 0.717) is 6.61 Å². The predicted octanol–water partition coefficient (Wildman–Crippen LogP) is 0.772. The molecule has 0 bridgehead atoms. The number of nitrogens with zero attached hydrogens (tertiary/aromatic N) is 2. The maximum Gasteiger partial charge on any atom is 0.0846 e. The van der Waals surface area contributed by atoms with Crippen molar-refractivity contribution in [3.63, 3.8) is 0 Å². The third-order valence-corrected chi connectivity index (χ3v) is 2.97. The molecular formula is C9H15N2OP. The van der Waals surface area contributed by atoms with Gasteiger partial charge >= 0.3 is 0 Å². The van der Waals surface area contributed by atoms with Crippen molar-refractivity contribution in [3.8, 4) is 0 Å². The van der Waals surface area contributed by atoms with Gasteiger partial charge in [-0.05, 0) is 13.8 Å². The molecule has 0 amide bonds. The van der Waals surface area contributed by atoms with Crippen molar-refractivity contribution in [1.29, 1.82) is 0 Å². The van der Waals surface area contributed by atoms with Crippen LogP contribution in [0.5, 0.6) is 0 Å². The van der Waals surface area contributed by atoms with Gasteiger partial charge in [0.15, 0.2) is 0 Å². The van der Waals surface area contributed by atoms with Crippen molar-refractivity contribution >= 4 is 14.7 Å². The van der Waals surface area contributed by atoms with Crippen molar-refractivity contribution in [1.82, 2.24) is 9.78 Å². The van der Waals surface area contributed by atoms with Gasteiger partial charge in [-0.2, -0.15) is 5.10 Å². The summed E-state index contributed by atoms with van der Waals surface area (Å²) in [7, 11) is 4.65. The quantitative estimate of drug-likeness (QED) is 0.576. The molecule has 0 saturated heterocycles. The van der Waals surface area contributed by atoms with E-state index in [1.165, 1.54) is 11.3 Å². The SMILES string of the molecule is Cn1nc(P)c2c1CC(C)(C)OC2. The number of rotatable bonds is 0. The van der Waals surface area contributed by atoms with Gasteiger partial charge in [-0.1, -0.05) is 9.24 Å². The van der Waals surface area contributed by atoms with E-state index < -0.39 is 0 Å². The Balaban J connectivity index is 2.45. The van der Waals surface area contributed by atoms with E-state index in [2.05, 4.69) is 28.2 Å². The van der Waals surface area contributed by atoms with Gasteiger partial charge in [0.05, 0.1) is 17.6 Å². The largest absolute Gasteiger partial charge is 0.370 e. The third kappa shape index (κ3) is 1.51. The number of aromatic nitrogens is 2. The maximum atomic E-state index is 5.72. The van der Waals surface area contributed by atoms with E-state index in [-0.39, 0.29) is 5.60 Å². The highest BCUT2D eigenvalue weighted by molar-refractivity contribution is 7.27. The van der Waals surface area contributed by atoms with Crippen LogP contribution in [0.3, 0.4) is 0 Å². The molecule has 1 aromatic heterocycles. The molecule has 2 rings (SSSR count). The molecule has 1 aliphatic heterocycles. The monoisotopic (exact) mass is 198 g/mol. The van der Waals surface area contributed by atoms with Gasteiger partial charge in [0.1, 0.15) is 0 Å². The topological polar surface area (TPSA) is 27.1 Å². The molecule has 0 saturated carbocycles. The molecule has 13 heavy (non-hydrogen) atoms. The van der Waals surface area contributed by atoms with Crippen LogP contribution >= 0.6 is 9.24 Å². The van der Waals surface area contributed by atoms with Crippen LogP contribution in [0.1, 0.15) is 25.1 Å². The lowest BCUT2D eigenvalue weighted by Crippen LogP contribution is -2.33. The Hall–Kier alpha value is -0.400. The fourth-order valence-corrected chi connectivity index (χ4v) is 2.15. The van der Waals surface area contributed by atoms with Crippen LogP contribution in [0.25, 0.3) is 0 Å². The maximum absolute atomic E-state index is 5.72. The van der Waals surface area contributed by atoms with Crippen LogP contribution in [-0.2, 0) is 24.8 Å². The lowest BCUT2D eigenvalue weighted by molar-refractivity contribution is -0.0411. The molecule has 3 nitrogen and oxygen atoms in total. The van der Waals surface area contributed by atoms with Crippen LogP contribution in [0.15, 0.2) is 0 Å². The number of hydrogen-bond acceptors (Lipinski definition) is 2. The predicted molar refractivity (Wildman–Crippen MR) is 55.1 cm³/mol. The Morgan fingerprint density at radius 3 is 2.92 bits per heavy atom. The zero-order valence-electron chi connectivity index (χ0n) is 8.29. The van der Waals surface area contributed by atoms with Crippen molar-refractivity contribution in [2.75, 3.05) is 0 Å². The normalized spacial score (nSPS) is 20.0. The fourth-order valence-electron chi connectivity index (χ4n) is 1.73. The second-order valence-electron chi connectivity index (χ2n) is 4.16. The molecule has 0 spiro atoms. The fraction of sp³-hybridized carbons (Fsp3) is 0.667. The van der Waals surface area contributed by atoms with E-state index in [4.69, 9.17) is 4.74 Å². The van der Waals surface area contributed by atoms with Crippen LogP contribution < -0.4 is 5.44 Å². The van der Waals surface area contributed by atoms with Gasteiger partial charge < -0.3 is 4.74 Å². The van der Waals surface area contributed by atoms with Gasteiger partial charge in [0.2, 0.25) is 0 Å². The Morgan fingerprint density at radius 1 is 1.54 bits per heavy atom. The van der Waals surface area contributed by atoms with Gasteiger partial charge in [-0.15, -0.1) is 0 Å². The summed E-state index contributed by atoms with van der Waals surface area (Å²) in [6.45, 7) is 4.92. The van der Waals surface area contributed by atoms with Gasteiger partial charge in [-0.25, -0.2) is 0 Å². The Kier molecular flexibility index (Phi) is 1.97. The summed E-state index contributed by atoms with van der Waals surface area (Å²) in [6.07, 6.45) is 0.945. The lowest BCUT2D eigenvalue weighted by atomic mass is 9.97. The van der Waals surface area contributed by atoms with Crippen LogP contribution in [0, 0.1) is 0 Å². The van der Waals surface area contributed by atoms with Crippen molar-refractivity contribution in [2.24, 2.45) is 7.05 Å². The summed E-state index contributed by atoms with van der Waals surface area (Å²) in [6, 6.07) is 0. The molecule has 1 unspecified atom stereocenters. The molecule has 0 radical (unpaired) electrons. The first-order valence-electron chi connectivity index (χ1n) is 4.44. The molecular weight excluding hydrogens is 183 g/mol. The van der Waals surface area contributed by atoms with Crippen molar-refractivity contribution in [2.45, 2.75) is 32.5 Å². The number of fused-ring (bicyclic) bond motifs is 1. The van der Waals surface area contributed by atoms with Gasteiger partial charge in [-0.3, -0.25) is 4.68 Å². The summed E-state index contributed by atoms with van der Waals surface area (Å²) >= 11 is 0. The van der Waals surface area contributed by atoms with E-state index in [1.54, 1.807) is 0 Å². The van der Waals surface area contributed by atoms with Gasteiger partial charge in [0, 0.05) is 24.7 Å². The molecule has 0 aliphatic carbocycles. The highest BCUT2D eigenvalue weighted by Gasteiger charge is 2.29. The molecule has 1 atom stereocenters. The van der Waals surface area contributed by atoms with Crippen LogP contribution in [0.4, 0.5) is 0 Å². The molecule has 2 heterocycles. The first-order chi connectivity index (χ1) is 5.99. The molecule has 1 aromatic rings. The van der Waals surface area contributed by atoms with E-state index >= 15 is 0 Å².